The first-order valence-electron chi connectivity index (χ1n) is 6.67. The van der Waals surface area contributed by atoms with E-state index in [0.29, 0.717) is 11.3 Å². The van der Waals surface area contributed by atoms with Gasteiger partial charge in [0.2, 0.25) is 0 Å². The number of thiophene rings is 1. The third kappa shape index (κ3) is 3.35. The van der Waals surface area contributed by atoms with Crippen LogP contribution in [0.1, 0.15) is 47.3 Å². The summed E-state index contributed by atoms with van der Waals surface area (Å²) in [5.74, 6) is -1.38. The first-order valence-corrected chi connectivity index (χ1v) is 7.55. The number of carbonyl (C=O) groups is 2. The zero-order chi connectivity index (χ0) is 13.8. The van der Waals surface area contributed by atoms with Crippen molar-refractivity contribution in [1.29, 1.82) is 0 Å². The summed E-state index contributed by atoms with van der Waals surface area (Å²) in [7, 11) is 0. The lowest BCUT2D eigenvalue weighted by Crippen LogP contribution is -2.42. The Balaban J connectivity index is 2.08. The van der Waals surface area contributed by atoms with Crippen molar-refractivity contribution < 1.29 is 14.7 Å². The van der Waals surface area contributed by atoms with Crippen molar-refractivity contribution in [2.24, 2.45) is 5.92 Å². The molecule has 1 aliphatic rings. The number of carbonyl (C=O) groups excluding carboxylic acids is 1. The Bertz CT molecular complexity index is 469. The van der Waals surface area contributed by atoms with Crippen molar-refractivity contribution in [2.45, 2.75) is 45.1 Å². The molecule has 2 N–H and O–H groups in total. The third-order valence-corrected chi connectivity index (χ3v) is 4.73. The fraction of sp³-hybridized carbons (Fsp3) is 0.571. The van der Waals surface area contributed by atoms with Gasteiger partial charge in [-0.1, -0.05) is 19.3 Å². The molecule has 1 aliphatic carbocycles. The van der Waals surface area contributed by atoms with E-state index < -0.39 is 11.9 Å². The van der Waals surface area contributed by atoms with Crippen molar-refractivity contribution in [2.75, 3.05) is 0 Å². The van der Waals surface area contributed by atoms with Crippen LogP contribution in [0.25, 0.3) is 0 Å². The Hall–Kier alpha value is -1.36. The number of amides is 1. The van der Waals surface area contributed by atoms with E-state index in [1.807, 2.05) is 18.4 Å². The Kier molecular flexibility index (Phi) is 4.58. The van der Waals surface area contributed by atoms with Crippen LogP contribution in [0.15, 0.2) is 11.4 Å². The highest BCUT2D eigenvalue weighted by Crippen LogP contribution is 2.25. The van der Waals surface area contributed by atoms with Crippen LogP contribution in [0, 0.1) is 12.8 Å². The van der Waals surface area contributed by atoms with Gasteiger partial charge >= 0.3 is 5.97 Å². The maximum atomic E-state index is 12.2. The number of carboxylic acid groups (broad SMARTS) is 1. The van der Waals surface area contributed by atoms with E-state index in [9.17, 15) is 14.7 Å². The van der Waals surface area contributed by atoms with Crippen LogP contribution < -0.4 is 5.32 Å². The van der Waals surface area contributed by atoms with Gasteiger partial charge in [-0.05, 0) is 36.8 Å². The van der Waals surface area contributed by atoms with Crippen LogP contribution in [-0.4, -0.2) is 23.0 Å². The highest BCUT2D eigenvalue weighted by Gasteiger charge is 2.31. The smallest absolute Gasteiger partial charge is 0.308 e. The Morgan fingerprint density at radius 3 is 2.68 bits per heavy atom. The molecule has 0 aromatic carbocycles. The molecule has 104 valence electrons. The Morgan fingerprint density at radius 1 is 1.32 bits per heavy atom. The summed E-state index contributed by atoms with van der Waals surface area (Å²) in [5, 5.41) is 14.1. The van der Waals surface area contributed by atoms with E-state index in [4.69, 9.17) is 0 Å². The number of rotatable bonds is 3. The summed E-state index contributed by atoms with van der Waals surface area (Å²) in [6.45, 7) is 1.90. The monoisotopic (exact) mass is 281 g/mol. The molecule has 1 fully saturated rings. The average molecular weight is 281 g/mol. The molecule has 0 bridgehead atoms. The molecule has 1 heterocycles. The molecule has 0 radical (unpaired) electrons. The van der Waals surface area contributed by atoms with Gasteiger partial charge < -0.3 is 10.4 Å². The van der Waals surface area contributed by atoms with E-state index in [1.54, 1.807) is 0 Å². The first-order chi connectivity index (χ1) is 9.09. The lowest BCUT2D eigenvalue weighted by Gasteiger charge is -2.22. The van der Waals surface area contributed by atoms with Gasteiger partial charge in [0, 0.05) is 6.04 Å². The van der Waals surface area contributed by atoms with E-state index in [-0.39, 0.29) is 11.9 Å². The molecule has 1 amide bonds. The summed E-state index contributed by atoms with van der Waals surface area (Å²) in [5.41, 5.74) is 0.947. The molecule has 2 atom stereocenters. The highest BCUT2D eigenvalue weighted by atomic mass is 32.1. The summed E-state index contributed by atoms with van der Waals surface area (Å²) < 4.78 is 0. The number of nitrogens with one attached hydrogen (secondary N) is 1. The van der Waals surface area contributed by atoms with Crippen LogP contribution in [0.3, 0.4) is 0 Å². The normalized spacial score (nSPS) is 23.6. The van der Waals surface area contributed by atoms with Crippen molar-refractivity contribution in [3.05, 3.63) is 21.9 Å². The average Bonchev–Trinajstić information content (AvgIpc) is 2.65. The van der Waals surface area contributed by atoms with Crippen LogP contribution in [0.5, 0.6) is 0 Å². The molecule has 0 spiro atoms. The molecule has 1 saturated carbocycles. The van der Waals surface area contributed by atoms with Gasteiger partial charge in [-0.3, -0.25) is 9.59 Å². The predicted molar refractivity (Wildman–Crippen MR) is 74.5 cm³/mol. The molecule has 2 rings (SSSR count). The molecule has 1 aromatic heterocycles. The third-order valence-electron chi connectivity index (χ3n) is 3.72. The largest absolute Gasteiger partial charge is 0.481 e. The maximum Gasteiger partial charge on any atom is 0.308 e. The lowest BCUT2D eigenvalue weighted by molar-refractivity contribution is -0.142. The summed E-state index contributed by atoms with van der Waals surface area (Å²) in [4.78, 5) is 24.2. The molecule has 5 heteroatoms. The van der Waals surface area contributed by atoms with Crippen molar-refractivity contribution in [1.82, 2.24) is 5.32 Å². The Labute approximate surface area is 116 Å². The fourth-order valence-electron chi connectivity index (χ4n) is 2.62. The predicted octanol–water partition coefficient (Wildman–Crippen LogP) is 2.82. The highest BCUT2D eigenvalue weighted by molar-refractivity contribution is 7.12. The molecular weight excluding hydrogens is 262 g/mol. The van der Waals surface area contributed by atoms with Gasteiger partial charge in [0.25, 0.3) is 5.91 Å². The van der Waals surface area contributed by atoms with Gasteiger partial charge in [0.1, 0.15) is 0 Å². The quantitative estimate of drug-likeness (QED) is 0.837. The van der Waals surface area contributed by atoms with Crippen LogP contribution in [-0.2, 0) is 4.79 Å². The first kappa shape index (κ1) is 14.1. The van der Waals surface area contributed by atoms with Gasteiger partial charge in [-0.15, -0.1) is 11.3 Å². The fourth-order valence-corrected chi connectivity index (χ4v) is 3.44. The molecular formula is C14H19NO3S. The minimum atomic E-state index is -0.796. The number of aliphatic carboxylic acids is 1. The zero-order valence-corrected chi connectivity index (χ0v) is 11.8. The standard InChI is InChI=1S/C14H19NO3S/c1-9-7-8-19-12(9)13(16)15-11-6-4-2-3-5-10(11)14(17)18/h7-8,10-11H,2-6H2,1H3,(H,15,16)(H,17,18)/t10-,11+/m0/s1. The molecule has 1 aromatic rings. The number of aryl methyl sites for hydroxylation is 1. The minimum Gasteiger partial charge on any atom is -0.481 e. The van der Waals surface area contributed by atoms with Gasteiger partial charge in [-0.2, -0.15) is 0 Å². The number of hydrogen-bond acceptors (Lipinski definition) is 3. The van der Waals surface area contributed by atoms with E-state index >= 15 is 0 Å². The second-order valence-electron chi connectivity index (χ2n) is 5.10. The van der Waals surface area contributed by atoms with Gasteiger partial charge in [-0.25, -0.2) is 0 Å². The van der Waals surface area contributed by atoms with Crippen molar-refractivity contribution >= 4 is 23.2 Å². The summed E-state index contributed by atoms with van der Waals surface area (Å²) in [6.07, 6.45) is 4.38. The summed E-state index contributed by atoms with van der Waals surface area (Å²) in [6, 6.07) is 1.66. The second kappa shape index (κ2) is 6.19. The number of hydrogen-bond donors (Lipinski definition) is 2. The summed E-state index contributed by atoms with van der Waals surface area (Å²) >= 11 is 1.40. The second-order valence-corrected chi connectivity index (χ2v) is 6.01. The van der Waals surface area contributed by atoms with E-state index in [1.165, 1.54) is 11.3 Å². The SMILES string of the molecule is Cc1ccsc1C(=O)N[C@@H]1CCCCC[C@@H]1C(=O)O. The van der Waals surface area contributed by atoms with Crippen LogP contribution >= 0.6 is 11.3 Å². The molecule has 19 heavy (non-hydrogen) atoms. The zero-order valence-electron chi connectivity index (χ0n) is 11.0. The molecule has 0 aliphatic heterocycles. The topological polar surface area (TPSA) is 66.4 Å². The molecule has 4 nitrogen and oxygen atoms in total. The van der Waals surface area contributed by atoms with E-state index in [0.717, 1.165) is 31.2 Å². The lowest BCUT2D eigenvalue weighted by atomic mass is 9.95. The van der Waals surface area contributed by atoms with Crippen LogP contribution in [0.2, 0.25) is 0 Å². The molecule has 0 saturated heterocycles. The van der Waals surface area contributed by atoms with E-state index in [2.05, 4.69) is 5.32 Å². The van der Waals surface area contributed by atoms with Crippen molar-refractivity contribution in [3.63, 3.8) is 0 Å². The minimum absolute atomic E-state index is 0.134. The van der Waals surface area contributed by atoms with Crippen LogP contribution in [0.4, 0.5) is 0 Å². The van der Waals surface area contributed by atoms with Gasteiger partial charge in [0.05, 0.1) is 10.8 Å². The number of carboxylic acids is 1. The Morgan fingerprint density at radius 2 is 2.05 bits per heavy atom. The van der Waals surface area contributed by atoms with Gasteiger partial charge in [0.15, 0.2) is 0 Å². The maximum absolute atomic E-state index is 12.2. The molecule has 0 unspecified atom stereocenters. The van der Waals surface area contributed by atoms with Crippen molar-refractivity contribution in [3.8, 4) is 0 Å².